The summed E-state index contributed by atoms with van der Waals surface area (Å²) >= 11 is 0. The number of benzene rings is 1. The lowest BCUT2D eigenvalue weighted by Gasteiger charge is -2.22. The fourth-order valence-electron chi connectivity index (χ4n) is 1.98. The second-order valence-corrected chi connectivity index (χ2v) is 4.52. The van der Waals surface area contributed by atoms with Crippen molar-refractivity contribution in [3.8, 4) is 0 Å². The van der Waals surface area contributed by atoms with Gasteiger partial charge in [0.1, 0.15) is 5.69 Å². The molecule has 0 unspecified atom stereocenters. The first-order chi connectivity index (χ1) is 9.42. The third kappa shape index (κ3) is 3.45. The number of rotatable bonds is 6. The number of nitrogen functional groups attached to an aromatic ring is 1. The molecule has 7 heteroatoms. The molecule has 0 aliphatic rings. The fourth-order valence-corrected chi connectivity index (χ4v) is 1.98. The molecule has 0 bridgehead atoms. The molecule has 0 aromatic heterocycles. The Hall–Kier alpha value is -2.15. The Balaban J connectivity index is 3.23. The van der Waals surface area contributed by atoms with E-state index in [2.05, 4.69) is 0 Å². The summed E-state index contributed by atoms with van der Waals surface area (Å²) in [6.07, 6.45) is 0.722. The minimum absolute atomic E-state index is 0.110. The molecule has 3 N–H and O–H groups in total. The van der Waals surface area contributed by atoms with E-state index in [1.54, 1.807) is 6.92 Å². The van der Waals surface area contributed by atoms with Gasteiger partial charge in [-0.1, -0.05) is 6.92 Å². The van der Waals surface area contributed by atoms with E-state index in [-0.39, 0.29) is 30.1 Å². The van der Waals surface area contributed by atoms with E-state index in [4.69, 9.17) is 10.8 Å². The summed E-state index contributed by atoms with van der Waals surface area (Å²) < 4.78 is 0. The van der Waals surface area contributed by atoms with Crippen molar-refractivity contribution in [2.24, 2.45) is 0 Å². The number of carbonyl (C=O) groups is 1. The van der Waals surface area contributed by atoms with Crippen LogP contribution in [-0.2, 0) is 0 Å². The number of hydrogen-bond acceptors (Lipinski definition) is 5. The highest BCUT2D eigenvalue weighted by molar-refractivity contribution is 6.01. The molecule has 0 fully saturated rings. The zero-order valence-electron chi connectivity index (χ0n) is 11.6. The van der Waals surface area contributed by atoms with Crippen molar-refractivity contribution >= 4 is 17.3 Å². The molecule has 0 heterocycles. The van der Waals surface area contributed by atoms with Crippen LogP contribution in [0, 0.1) is 17.0 Å². The molecule has 0 atom stereocenters. The largest absolute Gasteiger partial charge is 0.395 e. The number of nitro benzene ring substituents is 1. The summed E-state index contributed by atoms with van der Waals surface area (Å²) in [5, 5.41) is 19.9. The molecule has 20 heavy (non-hydrogen) atoms. The van der Waals surface area contributed by atoms with Crippen LogP contribution >= 0.6 is 0 Å². The summed E-state index contributed by atoms with van der Waals surface area (Å²) in [5.74, 6) is -0.398. The minimum atomic E-state index is -0.602. The van der Waals surface area contributed by atoms with Crippen molar-refractivity contribution in [3.63, 3.8) is 0 Å². The van der Waals surface area contributed by atoms with E-state index in [1.807, 2.05) is 6.92 Å². The van der Waals surface area contributed by atoms with Gasteiger partial charge >= 0.3 is 0 Å². The van der Waals surface area contributed by atoms with Crippen LogP contribution in [0.4, 0.5) is 11.4 Å². The number of nitro groups is 1. The first kappa shape index (κ1) is 15.9. The Bertz CT molecular complexity index is 511. The van der Waals surface area contributed by atoms with Gasteiger partial charge in [0.15, 0.2) is 0 Å². The van der Waals surface area contributed by atoms with Crippen molar-refractivity contribution in [1.29, 1.82) is 0 Å². The summed E-state index contributed by atoms with van der Waals surface area (Å²) in [6.45, 7) is 4.03. The third-order valence-electron chi connectivity index (χ3n) is 2.88. The van der Waals surface area contributed by atoms with Crippen LogP contribution in [0.2, 0.25) is 0 Å². The summed E-state index contributed by atoms with van der Waals surface area (Å²) in [4.78, 5) is 24.2. The molecular formula is C13H19N3O4. The Labute approximate surface area is 117 Å². The molecule has 0 aliphatic heterocycles. The number of aryl methyl sites for hydroxylation is 1. The molecule has 1 aromatic carbocycles. The molecule has 1 amide bonds. The standard InChI is InChI=1S/C13H19N3O4/c1-3-4-15(5-6-17)13(18)10-7-9(2)8-11(12(10)14)16(19)20/h7-8,17H,3-6,14H2,1-2H3. The van der Waals surface area contributed by atoms with E-state index < -0.39 is 10.8 Å². The maximum Gasteiger partial charge on any atom is 0.293 e. The number of aliphatic hydroxyl groups excluding tert-OH is 1. The Morgan fingerprint density at radius 3 is 2.60 bits per heavy atom. The van der Waals surface area contributed by atoms with Gasteiger partial charge in [-0.15, -0.1) is 0 Å². The van der Waals surface area contributed by atoms with Crippen molar-refractivity contribution in [1.82, 2.24) is 4.90 Å². The zero-order valence-corrected chi connectivity index (χ0v) is 11.6. The van der Waals surface area contributed by atoms with Crippen molar-refractivity contribution in [2.75, 3.05) is 25.4 Å². The topological polar surface area (TPSA) is 110 Å². The molecule has 1 aromatic rings. The van der Waals surface area contributed by atoms with Crippen molar-refractivity contribution < 1.29 is 14.8 Å². The number of carbonyl (C=O) groups excluding carboxylic acids is 1. The first-order valence-electron chi connectivity index (χ1n) is 6.37. The van der Waals surface area contributed by atoms with Crippen LogP contribution in [0.25, 0.3) is 0 Å². The number of anilines is 1. The van der Waals surface area contributed by atoms with E-state index in [0.29, 0.717) is 12.1 Å². The zero-order chi connectivity index (χ0) is 15.3. The molecule has 0 saturated carbocycles. The van der Waals surface area contributed by atoms with Gasteiger partial charge in [0, 0.05) is 19.2 Å². The highest BCUT2D eigenvalue weighted by Crippen LogP contribution is 2.28. The van der Waals surface area contributed by atoms with Crippen molar-refractivity contribution in [3.05, 3.63) is 33.4 Å². The van der Waals surface area contributed by atoms with Crippen LogP contribution in [-0.4, -0.2) is 40.5 Å². The Kier molecular flexibility index (Phi) is 5.45. The highest BCUT2D eigenvalue weighted by Gasteiger charge is 2.23. The number of nitrogens with zero attached hydrogens (tertiary/aromatic N) is 2. The van der Waals surface area contributed by atoms with Crippen LogP contribution < -0.4 is 5.73 Å². The van der Waals surface area contributed by atoms with Crippen LogP contribution in [0.1, 0.15) is 29.3 Å². The van der Waals surface area contributed by atoms with Gasteiger partial charge in [-0.3, -0.25) is 14.9 Å². The number of aliphatic hydroxyl groups is 1. The lowest BCUT2D eigenvalue weighted by molar-refractivity contribution is -0.384. The van der Waals surface area contributed by atoms with Gasteiger partial charge in [-0.05, 0) is 25.0 Å². The number of hydrogen-bond donors (Lipinski definition) is 2. The maximum atomic E-state index is 12.4. The normalized spacial score (nSPS) is 10.3. The van der Waals surface area contributed by atoms with Gasteiger partial charge in [0.05, 0.1) is 17.1 Å². The molecule has 0 radical (unpaired) electrons. The van der Waals surface area contributed by atoms with Crippen molar-refractivity contribution in [2.45, 2.75) is 20.3 Å². The molecule has 1 rings (SSSR count). The van der Waals surface area contributed by atoms with E-state index in [0.717, 1.165) is 6.42 Å². The molecule has 0 spiro atoms. The SMILES string of the molecule is CCCN(CCO)C(=O)c1cc(C)cc([N+](=O)[O-])c1N. The van der Waals surface area contributed by atoms with Gasteiger partial charge in [0.2, 0.25) is 0 Å². The van der Waals surface area contributed by atoms with Gasteiger partial charge < -0.3 is 15.7 Å². The van der Waals surface area contributed by atoms with E-state index in [9.17, 15) is 14.9 Å². The second-order valence-electron chi connectivity index (χ2n) is 4.52. The number of nitrogens with two attached hydrogens (primary N) is 1. The van der Waals surface area contributed by atoms with Crippen LogP contribution in [0.5, 0.6) is 0 Å². The van der Waals surface area contributed by atoms with Crippen LogP contribution in [0.3, 0.4) is 0 Å². The highest BCUT2D eigenvalue weighted by atomic mass is 16.6. The fraction of sp³-hybridized carbons (Fsp3) is 0.462. The lowest BCUT2D eigenvalue weighted by Crippen LogP contribution is -2.34. The summed E-state index contributed by atoms with van der Waals surface area (Å²) in [7, 11) is 0. The van der Waals surface area contributed by atoms with Gasteiger partial charge in [0.25, 0.3) is 11.6 Å². The lowest BCUT2D eigenvalue weighted by atomic mass is 10.1. The monoisotopic (exact) mass is 281 g/mol. The Morgan fingerprint density at radius 2 is 2.10 bits per heavy atom. The summed E-state index contributed by atoms with van der Waals surface area (Å²) in [6, 6.07) is 2.87. The number of amides is 1. The minimum Gasteiger partial charge on any atom is -0.395 e. The van der Waals surface area contributed by atoms with E-state index in [1.165, 1.54) is 17.0 Å². The second kappa shape index (κ2) is 6.85. The third-order valence-corrected chi connectivity index (χ3v) is 2.88. The van der Waals surface area contributed by atoms with Gasteiger partial charge in [-0.25, -0.2) is 0 Å². The molecular weight excluding hydrogens is 262 g/mol. The van der Waals surface area contributed by atoms with E-state index >= 15 is 0 Å². The van der Waals surface area contributed by atoms with Gasteiger partial charge in [-0.2, -0.15) is 0 Å². The predicted molar refractivity (Wildman–Crippen MR) is 75.5 cm³/mol. The molecule has 0 aliphatic carbocycles. The summed E-state index contributed by atoms with van der Waals surface area (Å²) in [5.41, 5.74) is 6.03. The predicted octanol–water partition coefficient (Wildman–Crippen LogP) is 1.33. The first-order valence-corrected chi connectivity index (χ1v) is 6.37. The maximum absolute atomic E-state index is 12.4. The quantitative estimate of drug-likeness (QED) is 0.464. The molecule has 0 saturated heterocycles. The molecule has 110 valence electrons. The molecule has 7 nitrogen and oxygen atoms in total. The Morgan fingerprint density at radius 1 is 1.45 bits per heavy atom. The average Bonchev–Trinajstić information content (AvgIpc) is 2.39. The average molecular weight is 281 g/mol. The smallest absolute Gasteiger partial charge is 0.293 e. The van der Waals surface area contributed by atoms with Crippen LogP contribution in [0.15, 0.2) is 12.1 Å².